The third kappa shape index (κ3) is 4.12. The molecule has 4 heterocycles. The van der Waals surface area contributed by atoms with Gasteiger partial charge in [0.25, 0.3) is 17.7 Å². The first-order valence-electron chi connectivity index (χ1n) is 12.6. The zero-order valence-corrected chi connectivity index (χ0v) is 20.4. The second-order valence-electron chi connectivity index (χ2n) is 10.00. The number of nitrogens with one attached hydrogen (secondary N) is 1. The van der Waals surface area contributed by atoms with E-state index in [9.17, 15) is 28.4 Å². The third-order valence-corrected chi connectivity index (χ3v) is 7.63. The van der Waals surface area contributed by atoms with Gasteiger partial charge >= 0.3 is 0 Å². The third-order valence-electron chi connectivity index (χ3n) is 7.63. The molecule has 4 aliphatic rings. The van der Waals surface area contributed by atoms with Crippen molar-refractivity contribution in [2.45, 2.75) is 44.3 Å². The number of rotatable bonds is 4. The summed E-state index contributed by atoms with van der Waals surface area (Å²) in [6.07, 6.45) is 1.62. The van der Waals surface area contributed by atoms with Gasteiger partial charge in [-0.2, -0.15) is 0 Å². The van der Waals surface area contributed by atoms with Crippen molar-refractivity contribution in [2.75, 3.05) is 24.6 Å². The summed E-state index contributed by atoms with van der Waals surface area (Å²) in [5.74, 6) is -2.29. The summed E-state index contributed by atoms with van der Waals surface area (Å²) < 4.78 is 19.0. The molecule has 196 valence electrons. The molecule has 0 radical (unpaired) electrons. The minimum atomic E-state index is -0.993. The first-order valence-corrected chi connectivity index (χ1v) is 12.6. The molecule has 1 atom stereocenters. The number of hydrogen-bond acceptors (Lipinski definition) is 7. The summed E-state index contributed by atoms with van der Waals surface area (Å²) in [6.45, 7) is 1.85. The van der Waals surface area contributed by atoms with Crippen molar-refractivity contribution in [3.8, 4) is 5.75 Å². The Hall–Kier alpha value is -4.12. The second kappa shape index (κ2) is 9.32. The van der Waals surface area contributed by atoms with E-state index < -0.39 is 35.5 Å². The number of hydrogen-bond donors (Lipinski definition) is 1. The van der Waals surface area contributed by atoms with Gasteiger partial charge in [-0.15, -0.1) is 0 Å². The molecule has 4 aliphatic heterocycles. The quantitative estimate of drug-likeness (QED) is 0.609. The van der Waals surface area contributed by atoms with Gasteiger partial charge in [0, 0.05) is 38.2 Å². The van der Waals surface area contributed by atoms with Crippen LogP contribution in [-0.2, 0) is 20.9 Å². The van der Waals surface area contributed by atoms with E-state index in [0.29, 0.717) is 43.9 Å². The van der Waals surface area contributed by atoms with Crippen LogP contribution in [0, 0.1) is 5.82 Å². The van der Waals surface area contributed by atoms with Gasteiger partial charge in [0.15, 0.2) is 6.61 Å². The maximum absolute atomic E-state index is 13.6. The lowest BCUT2D eigenvalue weighted by Crippen LogP contribution is -2.54. The lowest BCUT2D eigenvalue weighted by atomic mass is 10.00. The number of imide groups is 2. The minimum Gasteiger partial charge on any atom is -0.481 e. The molecule has 5 amide bonds. The maximum atomic E-state index is 13.6. The molecule has 0 spiro atoms. The van der Waals surface area contributed by atoms with Gasteiger partial charge in [-0.05, 0) is 49.1 Å². The molecule has 1 N–H and O–H groups in total. The Morgan fingerprint density at radius 3 is 2.42 bits per heavy atom. The van der Waals surface area contributed by atoms with E-state index in [1.54, 1.807) is 29.2 Å². The molecule has 0 saturated carbocycles. The summed E-state index contributed by atoms with van der Waals surface area (Å²) in [5, 5.41) is 2.20. The number of benzene rings is 2. The Kier molecular flexibility index (Phi) is 5.94. The Morgan fingerprint density at radius 2 is 1.66 bits per heavy atom. The Bertz CT molecular complexity index is 1390. The van der Waals surface area contributed by atoms with Gasteiger partial charge < -0.3 is 9.64 Å². The zero-order valence-electron chi connectivity index (χ0n) is 20.4. The van der Waals surface area contributed by atoms with Crippen molar-refractivity contribution in [1.82, 2.24) is 15.1 Å². The van der Waals surface area contributed by atoms with Crippen molar-refractivity contribution in [2.24, 2.45) is 0 Å². The molecule has 2 aromatic rings. The Labute approximate surface area is 217 Å². The highest BCUT2D eigenvalue weighted by Gasteiger charge is 2.44. The van der Waals surface area contributed by atoms with Crippen LogP contribution < -0.4 is 15.0 Å². The number of carbonyl (C=O) groups is 5. The lowest BCUT2D eigenvalue weighted by molar-refractivity contribution is -0.136. The van der Waals surface area contributed by atoms with Crippen LogP contribution in [0.4, 0.5) is 10.1 Å². The fourth-order valence-corrected chi connectivity index (χ4v) is 5.76. The summed E-state index contributed by atoms with van der Waals surface area (Å²) in [6, 6.07) is 8.29. The molecule has 38 heavy (non-hydrogen) atoms. The largest absolute Gasteiger partial charge is 0.481 e. The van der Waals surface area contributed by atoms with E-state index in [4.69, 9.17) is 4.74 Å². The van der Waals surface area contributed by atoms with Gasteiger partial charge in [-0.3, -0.25) is 39.1 Å². The van der Waals surface area contributed by atoms with Crippen LogP contribution in [0.1, 0.15) is 52.0 Å². The molecular weight excluding hydrogens is 495 g/mol. The number of ether oxygens (including phenoxy) is 1. The van der Waals surface area contributed by atoms with Crippen molar-refractivity contribution < 1.29 is 33.1 Å². The fourth-order valence-electron chi connectivity index (χ4n) is 5.76. The van der Waals surface area contributed by atoms with E-state index in [-0.39, 0.29) is 42.5 Å². The average molecular weight is 521 g/mol. The van der Waals surface area contributed by atoms with E-state index >= 15 is 0 Å². The van der Waals surface area contributed by atoms with E-state index in [1.807, 2.05) is 0 Å². The normalized spacial score (nSPS) is 22.3. The number of fused-ring (bicyclic) bond motifs is 2. The molecule has 10 nitrogen and oxygen atoms in total. The average Bonchev–Trinajstić information content (AvgIpc) is 3.14. The summed E-state index contributed by atoms with van der Waals surface area (Å²) in [5.41, 5.74) is 1.96. The van der Waals surface area contributed by atoms with Crippen LogP contribution in [0.3, 0.4) is 0 Å². The number of piperidine rings is 2. The molecule has 6 rings (SSSR count). The van der Waals surface area contributed by atoms with E-state index in [1.165, 1.54) is 12.1 Å². The monoisotopic (exact) mass is 520 g/mol. The number of nitrogens with zero attached hydrogens (tertiary/aromatic N) is 3. The molecule has 2 saturated heterocycles. The highest BCUT2D eigenvalue weighted by Crippen LogP contribution is 2.36. The molecule has 11 heteroatoms. The van der Waals surface area contributed by atoms with Crippen LogP contribution >= 0.6 is 0 Å². The van der Waals surface area contributed by atoms with Gasteiger partial charge in [-0.1, -0.05) is 6.07 Å². The highest BCUT2D eigenvalue weighted by molar-refractivity contribution is 6.23. The first kappa shape index (κ1) is 24.2. The van der Waals surface area contributed by atoms with Crippen LogP contribution in [0.15, 0.2) is 36.4 Å². The Balaban J connectivity index is 1.12. The predicted molar refractivity (Wildman–Crippen MR) is 131 cm³/mol. The summed E-state index contributed by atoms with van der Waals surface area (Å²) >= 11 is 0. The van der Waals surface area contributed by atoms with Crippen LogP contribution in [-0.4, -0.2) is 71.1 Å². The number of anilines is 1. The molecular formula is C27H25FN4O6. The SMILES string of the molecule is O=C1CCC(N2C(=O)c3ccc(CN4CCC(N5C(=O)COc6cc(F)ccc65)CC4)cc3C2=O)C(=O)N1. The van der Waals surface area contributed by atoms with Crippen LogP contribution in [0.2, 0.25) is 0 Å². The molecule has 0 aliphatic carbocycles. The Morgan fingerprint density at radius 1 is 0.895 bits per heavy atom. The van der Waals surface area contributed by atoms with Crippen molar-refractivity contribution >= 4 is 35.2 Å². The van der Waals surface area contributed by atoms with Gasteiger partial charge in [0.2, 0.25) is 11.8 Å². The number of amides is 5. The van der Waals surface area contributed by atoms with E-state index in [2.05, 4.69) is 10.2 Å². The first-order chi connectivity index (χ1) is 18.3. The van der Waals surface area contributed by atoms with Gasteiger partial charge in [-0.25, -0.2) is 4.39 Å². The summed E-state index contributed by atoms with van der Waals surface area (Å²) in [7, 11) is 0. The van der Waals surface area contributed by atoms with Crippen LogP contribution in [0.25, 0.3) is 0 Å². The van der Waals surface area contributed by atoms with Crippen LogP contribution in [0.5, 0.6) is 5.75 Å². The molecule has 0 bridgehead atoms. The standard InChI is InChI=1S/C27H25FN4O6/c28-16-2-4-20-22(12-16)38-14-24(34)31(20)17-7-9-30(10-8-17)13-15-1-3-18-19(11-15)27(37)32(26(18)36)21-5-6-23(33)29-25(21)35/h1-4,11-12,17,21H,5-10,13-14H2,(H,29,33,35). The fraction of sp³-hybridized carbons (Fsp3) is 0.370. The second-order valence-corrected chi connectivity index (χ2v) is 10.00. The highest BCUT2D eigenvalue weighted by atomic mass is 19.1. The number of carbonyl (C=O) groups excluding carboxylic acids is 5. The number of likely N-dealkylation sites (tertiary alicyclic amines) is 1. The molecule has 0 aromatic heterocycles. The van der Waals surface area contributed by atoms with Gasteiger partial charge in [0.05, 0.1) is 16.8 Å². The van der Waals surface area contributed by atoms with Gasteiger partial charge in [0.1, 0.15) is 17.6 Å². The van der Waals surface area contributed by atoms with Crippen molar-refractivity contribution in [3.05, 3.63) is 58.9 Å². The predicted octanol–water partition coefficient (Wildman–Crippen LogP) is 1.62. The topological polar surface area (TPSA) is 116 Å². The summed E-state index contributed by atoms with van der Waals surface area (Å²) in [4.78, 5) is 67.3. The molecule has 1 unspecified atom stereocenters. The lowest BCUT2D eigenvalue weighted by Gasteiger charge is -2.40. The molecule has 2 aromatic carbocycles. The maximum Gasteiger partial charge on any atom is 0.265 e. The number of halogens is 1. The van der Waals surface area contributed by atoms with Crippen molar-refractivity contribution in [3.63, 3.8) is 0 Å². The molecule has 2 fully saturated rings. The van der Waals surface area contributed by atoms with Crippen molar-refractivity contribution in [1.29, 1.82) is 0 Å². The zero-order chi connectivity index (χ0) is 26.6. The van der Waals surface area contributed by atoms with E-state index in [0.717, 1.165) is 10.5 Å². The smallest absolute Gasteiger partial charge is 0.265 e. The minimum absolute atomic E-state index is 0.0341.